The summed E-state index contributed by atoms with van der Waals surface area (Å²) in [6.45, 7) is 2.21. The van der Waals surface area contributed by atoms with E-state index in [1.807, 2.05) is 25.2 Å². The number of likely N-dealkylation sites (N-methyl/N-ethyl adjacent to an activating group) is 1. The van der Waals surface area contributed by atoms with Crippen molar-refractivity contribution in [3.05, 3.63) is 65.2 Å². The normalized spacial score (nSPS) is 15.2. The summed E-state index contributed by atoms with van der Waals surface area (Å²) in [5.74, 6) is -0.332. The molecule has 1 aliphatic rings. The van der Waals surface area contributed by atoms with Crippen LogP contribution in [0.2, 0.25) is 0 Å². The Labute approximate surface area is 165 Å². The molecular weight excluding hydrogens is 354 g/mol. The van der Waals surface area contributed by atoms with Gasteiger partial charge in [-0.1, -0.05) is 54.8 Å². The van der Waals surface area contributed by atoms with E-state index >= 15 is 0 Å². The van der Waals surface area contributed by atoms with Crippen LogP contribution in [0.3, 0.4) is 0 Å². The van der Waals surface area contributed by atoms with Gasteiger partial charge in [0.05, 0.1) is 5.41 Å². The molecule has 0 bridgehead atoms. The number of ether oxygens (including phenoxy) is 1. The lowest BCUT2D eigenvalue weighted by Crippen LogP contribution is -2.43. The zero-order valence-corrected chi connectivity index (χ0v) is 16.5. The Balaban J connectivity index is 1.73. The van der Waals surface area contributed by atoms with E-state index in [4.69, 9.17) is 9.84 Å². The van der Waals surface area contributed by atoms with E-state index in [0.29, 0.717) is 12.3 Å². The van der Waals surface area contributed by atoms with Gasteiger partial charge in [0.25, 0.3) is 0 Å². The predicted octanol–water partition coefficient (Wildman–Crippen LogP) is 3.93. The lowest BCUT2D eigenvalue weighted by molar-refractivity contribution is -0.139. The number of carbonyl (C=O) groups excluding carboxylic acids is 1. The number of benzene rings is 2. The molecule has 0 spiro atoms. The second-order valence-corrected chi connectivity index (χ2v) is 7.65. The summed E-state index contributed by atoms with van der Waals surface area (Å²) in [5, 5.41) is 8.68. The molecule has 1 saturated carbocycles. The Morgan fingerprint density at radius 1 is 1.11 bits per heavy atom. The molecule has 1 amide bonds. The number of nitrogens with zero attached hydrogens (tertiary/aromatic N) is 1. The van der Waals surface area contributed by atoms with Crippen molar-refractivity contribution >= 4 is 11.9 Å². The van der Waals surface area contributed by atoms with Crippen LogP contribution in [0.15, 0.2) is 48.5 Å². The van der Waals surface area contributed by atoms with Crippen LogP contribution in [0.5, 0.6) is 5.75 Å². The Morgan fingerprint density at radius 2 is 1.79 bits per heavy atom. The molecule has 2 aromatic rings. The van der Waals surface area contributed by atoms with Gasteiger partial charge in [0.1, 0.15) is 5.75 Å². The monoisotopic (exact) mass is 381 g/mol. The molecule has 0 heterocycles. The third kappa shape index (κ3) is 4.35. The maximum absolute atomic E-state index is 13.5. The van der Waals surface area contributed by atoms with Crippen molar-refractivity contribution in [1.29, 1.82) is 0 Å². The Bertz CT molecular complexity index is 838. The van der Waals surface area contributed by atoms with Crippen molar-refractivity contribution < 1.29 is 19.4 Å². The van der Waals surface area contributed by atoms with Gasteiger partial charge in [0.2, 0.25) is 5.91 Å². The fourth-order valence-corrected chi connectivity index (χ4v) is 4.09. The standard InChI is InChI=1S/C23H27NO4/c1-17-6-5-7-19(14-17)23(12-3-4-13-23)22(27)24(2)15-18-8-10-20(11-9-18)28-16-21(25)26/h5-11,14H,3-4,12-13,15-16H2,1-2H3,(H,25,26). The van der Waals surface area contributed by atoms with Gasteiger partial charge in [-0.2, -0.15) is 0 Å². The van der Waals surface area contributed by atoms with E-state index in [-0.39, 0.29) is 12.5 Å². The number of aryl methyl sites for hydroxylation is 1. The van der Waals surface area contributed by atoms with Crippen LogP contribution in [0, 0.1) is 6.92 Å². The quantitative estimate of drug-likeness (QED) is 0.789. The minimum atomic E-state index is -1.01. The molecule has 5 heteroatoms. The molecule has 1 N–H and O–H groups in total. The Kier molecular flexibility index (Phi) is 6.02. The van der Waals surface area contributed by atoms with Gasteiger partial charge < -0.3 is 14.7 Å². The number of carboxylic acids is 1. The van der Waals surface area contributed by atoms with Crippen molar-refractivity contribution in [2.45, 2.75) is 44.6 Å². The lowest BCUT2D eigenvalue weighted by atomic mass is 9.77. The minimum absolute atomic E-state index is 0.168. The Hall–Kier alpha value is -2.82. The molecule has 0 radical (unpaired) electrons. The van der Waals surface area contributed by atoms with Gasteiger partial charge in [-0.25, -0.2) is 4.79 Å². The summed E-state index contributed by atoms with van der Waals surface area (Å²) in [5.41, 5.74) is 2.86. The van der Waals surface area contributed by atoms with E-state index < -0.39 is 11.4 Å². The number of amides is 1. The molecule has 148 valence electrons. The average molecular weight is 381 g/mol. The van der Waals surface area contributed by atoms with Gasteiger partial charge in [-0.05, 0) is 43.0 Å². The SMILES string of the molecule is Cc1cccc(C2(C(=O)N(C)Cc3ccc(OCC(=O)O)cc3)CCCC2)c1. The fourth-order valence-electron chi connectivity index (χ4n) is 4.09. The van der Waals surface area contributed by atoms with E-state index in [9.17, 15) is 9.59 Å². The van der Waals surface area contributed by atoms with Crippen LogP contribution in [-0.2, 0) is 21.5 Å². The van der Waals surface area contributed by atoms with Crippen molar-refractivity contribution in [2.24, 2.45) is 0 Å². The topological polar surface area (TPSA) is 66.8 Å². The summed E-state index contributed by atoms with van der Waals surface area (Å²) in [6.07, 6.45) is 3.93. The van der Waals surface area contributed by atoms with E-state index in [2.05, 4.69) is 25.1 Å². The highest BCUT2D eigenvalue weighted by Gasteiger charge is 2.44. The van der Waals surface area contributed by atoms with Crippen LogP contribution in [0.4, 0.5) is 0 Å². The first kappa shape index (κ1) is 19.9. The summed E-state index contributed by atoms with van der Waals surface area (Å²) >= 11 is 0. The first-order valence-electron chi connectivity index (χ1n) is 9.67. The number of hydrogen-bond donors (Lipinski definition) is 1. The molecule has 5 nitrogen and oxygen atoms in total. The van der Waals surface area contributed by atoms with Crippen LogP contribution < -0.4 is 4.74 Å². The molecular formula is C23H27NO4. The minimum Gasteiger partial charge on any atom is -0.482 e. The lowest BCUT2D eigenvalue weighted by Gasteiger charge is -2.33. The number of carbonyl (C=O) groups is 2. The van der Waals surface area contributed by atoms with Crippen molar-refractivity contribution in [1.82, 2.24) is 4.90 Å². The van der Waals surface area contributed by atoms with Crippen LogP contribution in [0.25, 0.3) is 0 Å². The predicted molar refractivity (Wildman–Crippen MR) is 107 cm³/mol. The fraction of sp³-hybridized carbons (Fsp3) is 0.391. The van der Waals surface area contributed by atoms with Crippen molar-refractivity contribution in [2.75, 3.05) is 13.7 Å². The number of aliphatic carboxylic acids is 1. The number of carboxylic acid groups (broad SMARTS) is 1. The molecule has 3 rings (SSSR count). The zero-order valence-electron chi connectivity index (χ0n) is 16.5. The number of rotatable bonds is 7. The number of hydrogen-bond acceptors (Lipinski definition) is 3. The molecule has 0 unspecified atom stereocenters. The highest BCUT2D eigenvalue weighted by atomic mass is 16.5. The summed E-state index contributed by atoms with van der Waals surface area (Å²) in [4.78, 5) is 25.9. The molecule has 0 saturated heterocycles. The largest absolute Gasteiger partial charge is 0.482 e. The van der Waals surface area contributed by atoms with Gasteiger partial charge in [-0.15, -0.1) is 0 Å². The van der Waals surface area contributed by atoms with Crippen LogP contribution >= 0.6 is 0 Å². The summed E-state index contributed by atoms with van der Waals surface area (Å²) in [7, 11) is 1.85. The molecule has 1 aliphatic carbocycles. The van der Waals surface area contributed by atoms with E-state index in [0.717, 1.165) is 36.8 Å². The van der Waals surface area contributed by atoms with Gasteiger partial charge >= 0.3 is 5.97 Å². The summed E-state index contributed by atoms with van der Waals surface area (Å²) < 4.78 is 5.16. The highest BCUT2D eigenvalue weighted by molar-refractivity contribution is 5.88. The molecule has 2 aromatic carbocycles. The van der Waals surface area contributed by atoms with E-state index in [1.165, 1.54) is 5.56 Å². The first-order valence-corrected chi connectivity index (χ1v) is 9.67. The van der Waals surface area contributed by atoms with Crippen molar-refractivity contribution in [3.63, 3.8) is 0 Å². The molecule has 28 heavy (non-hydrogen) atoms. The van der Waals surface area contributed by atoms with Gasteiger partial charge in [-0.3, -0.25) is 4.79 Å². The molecule has 0 atom stereocenters. The maximum Gasteiger partial charge on any atom is 0.341 e. The average Bonchev–Trinajstić information content (AvgIpc) is 3.18. The Morgan fingerprint density at radius 3 is 2.39 bits per heavy atom. The second kappa shape index (κ2) is 8.46. The first-order chi connectivity index (χ1) is 13.4. The van der Waals surface area contributed by atoms with E-state index in [1.54, 1.807) is 17.0 Å². The highest BCUT2D eigenvalue weighted by Crippen LogP contribution is 2.43. The second-order valence-electron chi connectivity index (χ2n) is 7.65. The zero-order chi connectivity index (χ0) is 20.1. The molecule has 0 aliphatic heterocycles. The third-order valence-electron chi connectivity index (χ3n) is 5.49. The molecule has 0 aromatic heterocycles. The van der Waals surface area contributed by atoms with Gasteiger partial charge in [0, 0.05) is 13.6 Å². The van der Waals surface area contributed by atoms with Crippen LogP contribution in [0.1, 0.15) is 42.4 Å². The maximum atomic E-state index is 13.5. The third-order valence-corrected chi connectivity index (χ3v) is 5.49. The van der Waals surface area contributed by atoms with Crippen molar-refractivity contribution in [3.8, 4) is 5.75 Å². The smallest absolute Gasteiger partial charge is 0.341 e. The van der Waals surface area contributed by atoms with Gasteiger partial charge in [0.15, 0.2) is 6.61 Å². The summed E-state index contributed by atoms with van der Waals surface area (Å²) in [6, 6.07) is 15.5. The molecule has 1 fully saturated rings. The van der Waals surface area contributed by atoms with Crippen LogP contribution in [-0.4, -0.2) is 35.5 Å².